The quantitative estimate of drug-likeness (QED) is 0.672. The number of anilines is 1. The van der Waals surface area contributed by atoms with Crippen LogP contribution in [0, 0.1) is 3.70 Å². The van der Waals surface area contributed by atoms with E-state index >= 15 is 0 Å². The Morgan fingerprint density at radius 1 is 1.39 bits per heavy atom. The maximum atomic E-state index is 12.3. The first-order valence-corrected chi connectivity index (χ1v) is 8.97. The fourth-order valence-electron chi connectivity index (χ4n) is 2.78. The zero-order valence-corrected chi connectivity index (χ0v) is 16.6. The van der Waals surface area contributed by atoms with E-state index in [1.165, 1.54) is 0 Å². The number of hydrogen-bond acceptors (Lipinski definition) is 5. The summed E-state index contributed by atoms with van der Waals surface area (Å²) in [5.41, 5.74) is -0.457. The van der Waals surface area contributed by atoms with Crippen LogP contribution < -0.4 is 4.90 Å². The van der Waals surface area contributed by atoms with Crippen LogP contribution in [0.5, 0.6) is 0 Å². The second-order valence-corrected chi connectivity index (χ2v) is 8.13. The van der Waals surface area contributed by atoms with Gasteiger partial charge < -0.3 is 14.5 Å². The van der Waals surface area contributed by atoms with E-state index in [2.05, 4.69) is 44.6 Å². The molecule has 2 rings (SSSR count). The highest BCUT2D eigenvalue weighted by molar-refractivity contribution is 14.1. The predicted molar refractivity (Wildman–Crippen MR) is 98.6 cm³/mol. The van der Waals surface area contributed by atoms with Crippen molar-refractivity contribution in [1.82, 2.24) is 15.1 Å². The number of hydrogen-bond donors (Lipinski definition) is 0. The van der Waals surface area contributed by atoms with E-state index < -0.39 is 5.60 Å². The van der Waals surface area contributed by atoms with Crippen LogP contribution in [0.4, 0.5) is 10.6 Å². The van der Waals surface area contributed by atoms with E-state index in [1.807, 2.05) is 44.9 Å². The van der Waals surface area contributed by atoms with Crippen molar-refractivity contribution in [2.24, 2.45) is 0 Å². The van der Waals surface area contributed by atoms with Crippen molar-refractivity contribution >= 4 is 34.5 Å². The highest BCUT2D eigenvalue weighted by Crippen LogP contribution is 2.25. The van der Waals surface area contributed by atoms with Gasteiger partial charge in [0, 0.05) is 25.7 Å². The number of carbonyl (C=O) groups excluding carboxylic acids is 1. The number of piperidine rings is 1. The second kappa shape index (κ2) is 7.19. The molecule has 1 fully saturated rings. The molecule has 0 N–H and O–H groups in total. The molecule has 0 spiro atoms. The minimum Gasteiger partial charge on any atom is -0.444 e. The number of aromatic nitrogens is 2. The lowest BCUT2D eigenvalue weighted by Crippen LogP contribution is -2.51. The molecule has 7 heteroatoms. The van der Waals surface area contributed by atoms with E-state index in [1.54, 1.807) is 0 Å². The molecule has 0 aliphatic carbocycles. The normalized spacial score (nSPS) is 21.9. The molecule has 0 radical (unpaired) electrons. The summed E-state index contributed by atoms with van der Waals surface area (Å²) in [5.74, 6) is 0.869. The average molecular weight is 432 g/mol. The van der Waals surface area contributed by atoms with Gasteiger partial charge in [-0.15, -0.1) is 10.2 Å². The number of ether oxygens (including phenoxy) is 1. The Labute approximate surface area is 151 Å². The number of likely N-dealkylation sites (tertiary alicyclic amines) is 1. The summed E-state index contributed by atoms with van der Waals surface area (Å²) in [6.07, 6.45) is 1.57. The van der Waals surface area contributed by atoms with Gasteiger partial charge in [-0.2, -0.15) is 0 Å². The summed E-state index contributed by atoms with van der Waals surface area (Å²) in [6.45, 7) is 8.45. The molecule has 2 unspecified atom stereocenters. The van der Waals surface area contributed by atoms with Gasteiger partial charge in [-0.25, -0.2) is 4.79 Å². The summed E-state index contributed by atoms with van der Waals surface area (Å²) >= 11 is 2.15. The first kappa shape index (κ1) is 18.2. The van der Waals surface area contributed by atoms with Crippen LogP contribution in [0.2, 0.25) is 0 Å². The van der Waals surface area contributed by atoms with Crippen LogP contribution in [0.25, 0.3) is 0 Å². The minimum atomic E-state index is -0.457. The first-order valence-electron chi connectivity index (χ1n) is 7.89. The third-order valence-corrected chi connectivity index (χ3v) is 4.58. The Bertz CT molecular complexity index is 544. The molecule has 1 aliphatic heterocycles. The van der Waals surface area contributed by atoms with Crippen LogP contribution >= 0.6 is 22.6 Å². The van der Waals surface area contributed by atoms with E-state index in [-0.39, 0.29) is 12.1 Å². The standard InChI is InChI=1S/C16H25IN4O2/c1-11-10-12(20(5)14-7-6-13(17)18-19-14)8-9-21(11)15(22)23-16(2,3)4/h6-7,11-12H,8-10H2,1-5H3. The van der Waals surface area contributed by atoms with Gasteiger partial charge in [0.25, 0.3) is 0 Å². The molecular formula is C16H25IN4O2. The number of rotatable bonds is 2. The van der Waals surface area contributed by atoms with Gasteiger partial charge in [0.2, 0.25) is 0 Å². The summed E-state index contributed by atoms with van der Waals surface area (Å²) < 4.78 is 6.37. The van der Waals surface area contributed by atoms with Gasteiger partial charge in [0.15, 0.2) is 5.82 Å². The molecule has 0 bridgehead atoms. The summed E-state index contributed by atoms with van der Waals surface area (Å²) in [4.78, 5) is 16.3. The van der Waals surface area contributed by atoms with Crippen molar-refractivity contribution < 1.29 is 9.53 Å². The van der Waals surface area contributed by atoms with Crippen LogP contribution in [0.15, 0.2) is 12.1 Å². The summed E-state index contributed by atoms with van der Waals surface area (Å²) in [5, 5.41) is 8.35. The Hall–Kier alpha value is -1.12. The van der Waals surface area contributed by atoms with Crippen LogP contribution in [-0.2, 0) is 4.74 Å². The van der Waals surface area contributed by atoms with Crippen molar-refractivity contribution in [2.45, 2.75) is 58.2 Å². The molecular weight excluding hydrogens is 407 g/mol. The fourth-order valence-corrected chi connectivity index (χ4v) is 3.06. The highest BCUT2D eigenvalue weighted by Gasteiger charge is 2.33. The molecule has 23 heavy (non-hydrogen) atoms. The topological polar surface area (TPSA) is 58.6 Å². The maximum absolute atomic E-state index is 12.3. The first-order chi connectivity index (χ1) is 10.7. The molecule has 2 atom stereocenters. The van der Waals surface area contributed by atoms with Crippen LogP contribution in [0.1, 0.15) is 40.5 Å². The van der Waals surface area contributed by atoms with Crippen molar-refractivity contribution in [2.75, 3.05) is 18.5 Å². The highest BCUT2D eigenvalue weighted by atomic mass is 127. The van der Waals surface area contributed by atoms with Crippen molar-refractivity contribution in [3.8, 4) is 0 Å². The fraction of sp³-hybridized carbons (Fsp3) is 0.688. The third-order valence-electron chi connectivity index (χ3n) is 4.00. The molecule has 1 aromatic heterocycles. The van der Waals surface area contributed by atoms with Crippen LogP contribution in [0.3, 0.4) is 0 Å². The van der Waals surface area contributed by atoms with E-state index in [9.17, 15) is 4.79 Å². The lowest BCUT2D eigenvalue weighted by Gasteiger charge is -2.41. The van der Waals surface area contributed by atoms with Gasteiger partial charge in [-0.3, -0.25) is 0 Å². The Balaban J connectivity index is 1.98. The van der Waals surface area contributed by atoms with Gasteiger partial charge in [0.1, 0.15) is 9.30 Å². The van der Waals surface area contributed by atoms with E-state index in [4.69, 9.17) is 4.74 Å². The number of nitrogens with zero attached hydrogens (tertiary/aromatic N) is 4. The number of amides is 1. The Kier molecular flexibility index (Phi) is 5.70. The smallest absolute Gasteiger partial charge is 0.410 e. The maximum Gasteiger partial charge on any atom is 0.410 e. The van der Waals surface area contributed by atoms with Crippen molar-refractivity contribution in [1.29, 1.82) is 0 Å². The van der Waals surface area contributed by atoms with Crippen molar-refractivity contribution in [3.63, 3.8) is 0 Å². The number of carbonyl (C=O) groups is 1. The van der Waals surface area contributed by atoms with Gasteiger partial charge in [-0.05, 0) is 75.3 Å². The zero-order chi connectivity index (χ0) is 17.2. The van der Waals surface area contributed by atoms with Gasteiger partial charge >= 0.3 is 6.09 Å². The monoisotopic (exact) mass is 432 g/mol. The second-order valence-electron chi connectivity index (χ2n) is 7.03. The molecule has 1 amide bonds. The van der Waals surface area contributed by atoms with E-state index in [0.29, 0.717) is 12.6 Å². The molecule has 0 aromatic carbocycles. The molecule has 0 saturated carbocycles. The molecule has 1 saturated heterocycles. The summed E-state index contributed by atoms with van der Waals surface area (Å²) in [7, 11) is 2.04. The minimum absolute atomic E-state index is 0.142. The number of halogens is 1. The molecule has 128 valence electrons. The molecule has 1 aromatic rings. The Morgan fingerprint density at radius 2 is 2.09 bits per heavy atom. The zero-order valence-electron chi connectivity index (χ0n) is 14.4. The lowest BCUT2D eigenvalue weighted by molar-refractivity contribution is 0.0105. The molecule has 1 aliphatic rings. The average Bonchev–Trinajstić information content (AvgIpc) is 2.45. The lowest BCUT2D eigenvalue weighted by atomic mass is 9.97. The van der Waals surface area contributed by atoms with E-state index in [0.717, 1.165) is 22.4 Å². The molecule has 2 heterocycles. The van der Waals surface area contributed by atoms with Crippen molar-refractivity contribution in [3.05, 3.63) is 15.8 Å². The SMILES string of the molecule is CC1CC(N(C)c2ccc(I)nn2)CCN1C(=O)OC(C)(C)C. The predicted octanol–water partition coefficient (Wildman–Crippen LogP) is 3.31. The largest absolute Gasteiger partial charge is 0.444 e. The Morgan fingerprint density at radius 3 is 2.61 bits per heavy atom. The summed E-state index contributed by atoms with van der Waals surface area (Å²) in [6, 6.07) is 4.43. The molecule has 6 nitrogen and oxygen atoms in total. The van der Waals surface area contributed by atoms with Gasteiger partial charge in [0.05, 0.1) is 0 Å². The van der Waals surface area contributed by atoms with Gasteiger partial charge in [-0.1, -0.05) is 0 Å². The third kappa shape index (κ3) is 4.92. The van der Waals surface area contributed by atoms with Crippen LogP contribution in [-0.4, -0.2) is 52.5 Å².